The number of aromatic nitrogens is 2. The number of hydrogen-bond donors (Lipinski definition) is 3. The van der Waals surface area contributed by atoms with Gasteiger partial charge in [0.25, 0.3) is 10.0 Å². The van der Waals surface area contributed by atoms with Crippen molar-refractivity contribution in [2.75, 3.05) is 4.72 Å². The lowest BCUT2D eigenvalue weighted by Gasteiger charge is -2.11. The monoisotopic (exact) mass is 295 g/mol. The molecule has 0 saturated carbocycles. The van der Waals surface area contributed by atoms with Gasteiger partial charge in [-0.15, -0.1) is 0 Å². The van der Waals surface area contributed by atoms with E-state index in [4.69, 9.17) is 0 Å². The SMILES string of the molecule is Cc1ccc(C)c(NS(=O)(=O)c2c(CO)n[nH]c2C)c1. The van der Waals surface area contributed by atoms with Gasteiger partial charge >= 0.3 is 0 Å². The van der Waals surface area contributed by atoms with E-state index < -0.39 is 16.6 Å². The van der Waals surface area contributed by atoms with Gasteiger partial charge in [-0.2, -0.15) is 5.10 Å². The highest BCUT2D eigenvalue weighted by Crippen LogP contribution is 2.24. The Hall–Kier alpha value is -1.86. The zero-order valence-electron chi connectivity index (χ0n) is 11.6. The highest BCUT2D eigenvalue weighted by Gasteiger charge is 2.24. The number of nitrogens with one attached hydrogen (secondary N) is 2. The van der Waals surface area contributed by atoms with E-state index in [2.05, 4.69) is 14.9 Å². The van der Waals surface area contributed by atoms with E-state index in [1.54, 1.807) is 13.0 Å². The van der Waals surface area contributed by atoms with Crippen LogP contribution in [0.25, 0.3) is 0 Å². The molecular formula is C13H17N3O3S. The quantitative estimate of drug-likeness (QED) is 0.799. The van der Waals surface area contributed by atoms with Crippen molar-refractivity contribution in [1.82, 2.24) is 10.2 Å². The molecule has 2 rings (SSSR count). The molecule has 0 unspecified atom stereocenters. The van der Waals surface area contributed by atoms with Crippen LogP contribution in [0.15, 0.2) is 23.1 Å². The molecule has 0 radical (unpaired) electrons. The fourth-order valence-electron chi connectivity index (χ4n) is 1.97. The van der Waals surface area contributed by atoms with Crippen LogP contribution in [0, 0.1) is 20.8 Å². The van der Waals surface area contributed by atoms with E-state index in [1.165, 1.54) is 0 Å². The predicted octanol–water partition coefficient (Wildman–Crippen LogP) is 1.63. The van der Waals surface area contributed by atoms with Crippen LogP contribution in [0.5, 0.6) is 0 Å². The summed E-state index contributed by atoms with van der Waals surface area (Å²) in [6.45, 7) is 4.88. The van der Waals surface area contributed by atoms with E-state index >= 15 is 0 Å². The van der Waals surface area contributed by atoms with Crippen LogP contribution in [0.3, 0.4) is 0 Å². The first-order chi connectivity index (χ1) is 9.35. The van der Waals surface area contributed by atoms with E-state index in [0.29, 0.717) is 11.4 Å². The topological polar surface area (TPSA) is 95.1 Å². The predicted molar refractivity (Wildman–Crippen MR) is 76.0 cm³/mol. The Morgan fingerprint density at radius 1 is 1.30 bits per heavy atom. The smallest absolute Gasteiger partial charge is 0.265 e. The Balaban J connectivity index is 2.46. The summed E-state index contributed by atoms with van der Waals surface area (Å²) in [5, 5.41) is 15.5. The summed E-state index contributed by atoms with van der Waals surface area (Å²) in [4.78, 5) is 0.000839. The number of aliphatic hydroxyl groups is 1. The Morgan fingerprint density at radius 2 is 2.00 bits per heavy atom. The largest absolute Gasteiger partial charge is 0.390 e. The lowest BCUT2D eigenvalue weighted by Crippen LogP contribution is -2.16. The summed E-state index contributed by atoms with van der Waals surface area (Å²) in [6.07, 6.45) is 0. The van der Waals surface area contributed by atoms with Gasteiger partial charge in [0.05, 0.1) is 18.0 Å². The van der Waals surface area contributed by atoms with Crippen LogP contribution in [0.2, 0.25) is 0 Å². The summed E-state index contributed by atoms with van der Waals surface area (Å²) in [7, 11) is -3.79. The molecule has 1 heterocycles. The normalized spacial score (nSPS) is 11.6. The Kier molecular flexibility index (Phi) is 3.82. The number of aromatic amines is 1. The van der Waals surface area contributed by atoms with Crippen molar-refractivity contribution in [2.24, 2.45) is 0 Å². The second-order valence-corrected chi connectivity index (χ2v) is 6.33. The molecule has 6 nitrogen and oxygen atoms in total. The minimum Gasteiger partial charge on any atom is -0.390 e. The molecule has 1 aromatic carbocycles. The van der Waals surface area contributed by atoms with Crippen molar-refractivity contribution in [3.63, 3.8) is 0 Å². The van der Waals surface area contributed by atoms with Gasteiger partial charge in [0.2, 0.25) is 0 Å². The molecule has 0 amide bonds. The minimum absolute atomic E-state index is 0.000839. The Bertz CT molecular complexity index is 735. The fraction of sp³-hybridized carbons (Fsp3) is 0.308. The van der Waals surface area contributed by atoms with Crippen LogP contribution in [-0.2, 0) is 16.6 Å². The van der Waals surface area contributed by atoms with E-state index in [9.17, 15) is 13.5 Å². The lowest BCUT2D eigenvalue weighted by molar-refractivity contribution is 0.273. The maximum atomic E-state index is 12.4. The molecule has 7 heteroatoms. The highest BCUT2D eigenvalue weighted by molar-refractivity contribution is 7.92. The van der Waals surface area contributed by atoms with Crippen LogP contribution >= 0.6 is 0 Å². The third-order valence-electron chi connectivity index (χ3n) is 3.02. The summed E-state index contributed by atoms with van der Waals surface area (Å²) >= 11 is 0. The summed E-state index contributed by atoms with van der Waals surface area (Å²) < 4.78 is 27.4. The molecule has 2 aromatic rings. The van der Waals surface area contributed by atoms with Gasteiger partial charge in [-0.05, 0) is 38.0 Å². The number of anilines is 1. The van der Waals surface area contributed by atoms with Crippen molar-refractivity contribution in [1.29, 1.82) is 0 Å². The lowest BCUT2D eigenvalue weighted by atomic mass is 10.1. The van der Waals surface area contributed by atoms with Gasteiger partial charge in [-0.3, -0.25) is 9.82 Å². The van der Waals surface area contributed by atoms with Gasteiger partial charge < -0.3 is 5.11 Å². The van der Waals surface area contributed by atoms with Gasteiger partial charge in [0.15, 0.2) is 0 Å². The zero-order valence-corrected chi connectivity index (χ0v) is 12.4. The summed E-state index contributed by atoms with van der Waals surface area (Å²) in [6, 6.07) is 5.53. The average molecular weight is 295 g/mol. The number of aliphatic hydroxyl groups excluding tert-OH is 1. The molecule has 0 saturated heterocycles. The minimum atomic E-state index is -3.79. The maximum absolute atomic E-state index is 12.4. The second kappa shape index (κ2) is 5.26. The molecule has 0 atom stereocenters. The molecule has 1 aromatic heterocycles. The van der Waals surface area contributed by atoms with Crippen LogP contribution in [0.1, 0.15) is 22.5 Å². The maximum Gasteiger partial charge on any atom is 0.265 e. The molecule has 20 heavy (non-hydrogen) atoms. The number of aryl methyl sites for hydroxylation is 3. The van der Waals surface area contributed by atoms with Crippen molar-refractivity contribution < 1.29 is 13.5 Å². The third-order valence-corrected chi connectivity index (χ3v) is 4.59. The van der Waals surface area contributed by atoms with Gasteiger partial charge in [0.1, 0.15) is 10.6 Å². The second-order valence-electron chi connectivity index (χ2n) is 4.71. The van der Waals surface area contributed by atoms with E-state index in [0.717, 1.165) is 11.1 Å². The first-order valence-corrected chi connectivity index (χ1v) is 7.58. The van der Waals surface area contributed by atoms with Crippen molar-refractivity contribution in [3.05, 3.63) is 40.7 Å². The van der Waals surface area contributed by atoms with Crippen LogP contribution < -0.4 is 4.72 Å². The van der Waals surface area contributed by atoms with E-state index in [-0.39, 0.29) is 10.6 Å². The highest BCUT2D eigenvalue weighted by atomic mass is 32.2. The Labute approximate surface area is 117 Å². The molecule has 108 valence electrons. The number of rotatable bonds is 4. The molecule has 3 N–H and O–H groups in total. The molecule has 0 bridgehead atoms. The van der Waals surface area contributed by atoms with Gasteiger partial charge in [-0.25, -0.2) is 8.42 Å². The first-order valence-electron chi connectivity index (χ1n) is 6.10. The number of sulfonamides is 1. The van der Waals surface area contributed by atoms with Crippen molar-refractivity contribution in [2.45, 2.75) is 32.3 Å². The molecular weight excluding hydrogens is 278 g/mol. The fourth-order valence-corrected chi connectivity index (χ4v) is 3.46. The molecule has 0 aliphatic carbocycles. The van der Waals surface area contributed by atoms with Crippen molar-refractivity contribution >= 4 is 15.7 Å². The van der Waals surface area contributed by atoms with Crippen molar-refractivity contribution in [3.8, 4) is 0 Å². The Morgan fingerprint density at radius 3 is 2.65 bits per heavy atom. The number of nitrogens with zero attached hydrogens (tertiary/aromatic N) is 1. The van der Waals surface area contributed by atoms with Gasteiger partial charge in [-0.1, -0.05) is 12.1 Å². The average Bonchev–Trinajstić information content (AvgIpc) is 2.75. The summed E-state index contributed by atoms with van der Waals surface area (Å²) in [5.41, 5.74) is 2.81. The molecule has 0 aliphatic rings. The standard InChI is InChI=1S/C13H17N3O3S/c1-8-4-5-9(2)11(6-8)16-20(18,19)13-10(3)14-15-12(13)7-17/h4-6,16-17H,7H2,1-3H3,(H,14,15). The molecule has 0 aliphatic heterocycles. The number of benzene rings is 1. The number of hydrogen-bond acceptors (Lipinski definition) is 4. The van der Waals surface area contributed by atoms with Crippen LogP contribution in [-0.4, -0.2) is 23.7 Å². The first kappa shape index (κ1) is 14.5. The van der Waals surface area contributed by atoms with Gasteiger partial charge in [0, 0.05) is 0 Å². The zero-order chi connectivity index (χ0) is 14.9. The number of H-pyrrole nitrogens is 1. The summed E-state index contributed by atoms with van der Waals surface area (Å²) in [5.74, 6) is 0. The molecule has 0 spiro atoms. The van der Waals surface area contributed by atoms with E-state index in [1.807, 2.05) is 26.0 Å². The third kappa shape index (κ3) is 2.68. The van der Waals surface area contributed by atoms with Crippen LogP contribution in [0.4, 0.5) is 5.69 Å². The molecule has 0 fully saturated rings.